The van der Waals surface area contributed by atoms with Gasteiger partial charge in [-0.2, -0.15) is 0 Å². The van der Waals surface area contributed by atoms with Crippen LogP contribution in [-0.4, -0.2) is 29.0 Å². The zero-order chi connectivity index (χ0) is 20.8. The summed E-state index contributed by atoms with van der Waals surface area (Å²) in [6.45, 7) is 8.84. The third-order valence-corrected chi connectivity index (χ3v) is 4.38. The lowest BCUT2D eigenvalue weighted by molar-refractivity contribution is 0.0983. The Kier molecular flexibility index (Phi) is 6.44. The van der Waals surface area contributed by atoms with Crippen LogP contribution in [0.3, 0.4) is 0 Å². The number of anilines is 3. The number of aryl methyl sites for hydroxylation is 2. The van der Waals surface area contributed by atoms with Crippen molar-refractivity contribution in [3.05, 3.63) is 71.5 Å². The van der Waals surface area contributed by atoms with Gasteiger partial charge in [0.1, 0.15) is 11.4 Å². The van der Waals surface area contributed by atoms with Gasteiger partial charge in [-0.25, -0.2) is 9.97 Å². The van der Waals surface area contributed by atoms with E-state index in [-0.39, 0.29) is 5.91 Å². The van der Waals surface area contributed by atoms with Crippen LogP contribution in [0.5, 0.6) is 5.75 Å². The molecule has 0 saturated carbocycles. The number of hydrogen-bond donors (Lipinski definition) is 1. The van der Waals surface area contributed by atoms with Crippen molar-refractivity contribution in [1.82, 2.24) is 9.97 Å². The number of carbonyl (C=O) groups excluding carboxylic acids is 1. The van der Waals surface area contributed by atoms with Gasteiger partial charge >= 0.3 is 0 Å². The molecule has 1 heterocycles. The van der Waals surface area contributed by atoms with Gasteiger partial charge in [0.15, 0.2) is 0 Å². The molecule has 0 bridgehead atoms. The van der Waals surface area contributed by atoms with Gasteiger partial charge in [0.05, 0.1) is 12.3 Å². The molecule has 29 heavy (non-hydrogen) atoms. The van der Waals surface area contributed by atoms with Crippen LogP contribution in [0.25, 0.3) is 0 Å². The Hall–Kier alpha value is -3.41. The number of aromatic nitrogens is 2. The maximum absolute atomic E-state index is 13.2. The second-order valence-corrected chi connectivity index (χ2v) is 6.66. The third kappa shape index (κ3) is 4.90. The number of para-hydroxylation sites is 2. The number of hydrogen-bond acceptors (Lipinski definition) is 5. The van der Waals surface area contributed by atoms with E-state index in [1.165, 1.54) is 0 Å². The zero-order valence-electron chi connectivity index (χ0n) is 17.3. The molecular formula is C23H26N4O2. The molecule has 3 aromatic rings. The number of nitrogens with zero attached hydrogens (tertiary/aromatic N) is 3. The summed E-state index contributed by atoms with van der Waals surface area (Å²) in [4.78, 5) is 23.8. The number of amides is 1. The molecule has 0 atom stereocenters. The van der Waals surface area contributed by atoms with Gasteiger partial charge in [-0.1, -0.05) is 24.3 Å². The average molecular weight is 390 g/mol. The van der Waals surface area contributed by atoms with E-state index in [9.17, 15) is 4.79 Å². The van der Waals surface area contributed by atoms with Gasteiger partial charge in [0, 0.05) is 17.9 Å². The molecule has 0 radical (unpaired) electrons. The summed E-state index contributed by atoms with van der Waals surface area (Å²) in [6.07, 6.45) is 0. The summed E-state index contributed by atoms with van der Waals surface area (Å²) in [6, 6.07) is 17.2. The Labute approximate surface area is 171 Å². The van der Waals surface area contributed by atoms with E-state index in [0.29, 0.717) is 36.2 Å². The van der Waals surface area contributed by atoms with Gasteiger partial charge in [0.2, 0.25) is 5.95 Å². The maximum Gasteiger partial charge on any atom is 0.277 e. The first kappa shape index (κ1) is 20.3. The molecule has 1 N–H and O–H groups in total. The van der Waals surface area contributed by atoms with Gasteiger partial charge in [-0.3, -0.25) is 4.79 Å². The lowest BCUT2D eigenvalue weighted by atomic mass is 10.2. The monoisotopic (exact) mass is 390 g/mol. The van der Waals surface area contributed by atoms with Crippen LogP contribution < -0.4 is 15.0 Å². The van der Waals surface area contributed by atoms with Crippen LogP contribution in [0.2, 0.25) is 0 Å². The second-order valence-electron chi connectivity index (χ2n) is 6.66. The molecule has 2 aromatic carbocycles. The third-order valence-electron chi connectivity index (χ3n) is 4.38. The topological polar surface area (TPSA) is 67.3 Å². The molecular weight excluding hydrogens is 364 g/mol. The molecule has 0 spiro atoms. The van der Waals surface area contributed by atoms with E-state index in [4.69, 9.17) is 4.74 Å². The first-order chi connectivity index (χ1) is 14.0. The standard InChI is InChI=1S/C23H26N4O2/c1-5-27(18-11-9-10-16(3)14-18)22(28)20-15-17(4)24-23(26-20)25-19-12-7-8-13-21(19)29-6-2/h7-15H,5-6H2,1-4H3,(H,24,25,26). The predicted molar refractivity (Wildman–Crippen MR) is 116 cm³/mol. The number of rotatable bonds is 7. The molecule has 1 amide bonds. The van der Waals surface area contributed by atoms with Crippen molar-refractivity contribution in [3.8, 4) is 5.75 Å². The van der Waals surface area contributed by atoms with Gasteiger partial charge in [-0.05, 0) is 63.6 Å². The molecule has 0 aliphatic heterocycles. The summed E-state index contributed by atoms with van der Waals surface area (Å²) in [5.74, 6) is 0.911. The Balaban J connectivity index is 1.91. The highest BCUT2D eigenvalue weighted by Crippen LogP contribution is 2.26. The zero-order valence-corrected chi connectivity index (χ0v) is 17.3. The summed E-state index contributed by atoms with van der Waals surface area (Å²) in [5.41, 5.74) is 3.76. The van der Waals surface area contributed by atoms with E-state index in [1.807, 2.05) is 76.2 Å². The fourth-order valence-electron chi connectivity index (χ4n) is 3.08. The molecule has 1 aromatic heterocycles. The van der Waals surface area contributed by atoms with E-state index >= 15 is 0 Å². The minimum absolute atomic E-state index is 0.162. The first-order valence-electron chi connectivity index (χ1n) is 9.75. The fourth-order valence-corrected chi connectivity index (χ4v) is 3.08. The van der Waals surface area contributed by atoms with Gasteiger partial charge < -0.3 is 15.0 Å². The molecule has 3 rings (SSSR count). The quantitative estimate of drug-likeness (QED) is 0.621. The van der Waals surface area contributed by atoms with E-state index in [2.05, 4.69) is 15.3 Å². The SMILES string of the molecule is CCOc1ccccc1Nc1nc(C)cc(C(=O)N(CC)c2cccc(C)c2)n1. The van der Waals surface area contributed by atoms with E-state index < -0.39 is 0 Å². The molecule has 0 fully saturated rings. The van der Waals surface area contributed by atoms with Crippen molar-refractivity contribution >= 4 is 23.2 Å². The highest BCUT2D eigenvalue weighted by atomic mass is 16.5. The summed E-state index contributed by atoms with van der Waals surface area (Å²) >= 11 is 0. The van der Waals surface area contributed by atoms with Crippen LogP contribution in [0.4, 0.5) is 17.3 Å². The van der Waals surface area contributed by atoms with Crippen LogP contribution in [0, 0.1) is 13.8 Å². The Morgan fingerprint density at radius 3 is 2.55 bits per heavy atom. The van der Waals surface area contributed by atoms with Gasteiger partial charge in [-0.15, -0.1) is 0 Å². The molecule has 0 aliphatic carbocycles. The van der Waals surface area contributed by atoms with Crippen molar-refractivity contribution in [2.24, 2.45) is 0 Å². The second kappa shape index (κ2) is 9.19. The van der Waals surface area contributed by atoms with Crippen LogP contribution in [0.15, 0.2) is 54.6 Å². The predicted octanol–water partition coefficient (Wildman–Crippen LogP) is 4.90. The van der Waals surface area contributed by atoms with Crippen molar-refractivity contribution < 1.29 is 9.53 Å². The molecule has 0 saturated heterocycles. The Morgan fingerprint density at radius 2 is 1.83 bits per heavy atom. The smallest absolute Gasteiger partial charge is 0.277 e. The fraction of sp³-hybridized carbons (Fsp3) is 0.261. The molecule has 6 heteroatoms. The Morgan fingerprint density at radius 1 is 1.03 bits per heavy atom. The van der Waals surface area contributed by atoms with Crippen molar-refractivity contribution in [2.45, 2.75) is 27.7 Å². The average Bonchev–Trinajstić information content (AvgIpc) is 2.70. The van der Waals surface area contributed by atoms with E-state index in [1.54, 1.807) is 11.0 Å². The minimum Gasteiger partial charge on any atom is -0.492 e. The summed E-state index contributed by atoms with van der Waals surface area (Å²) in [7, 11) is 0. The highest BCUT2D eigenvalue weighted by molar-refractivity contribution is 6.05. The minimum atomic E-state index is -0.162. The maximum atomic E-state index is 13.2. The lowest BCUT2D eigenvalue weighted by Crippen LogP contribution is -2.31. The molecule has 0 unspecified atom stereocenters. The highest BCUT2D eigenvalue weighted by Gasteiger charge is 2.19. The largest absolute Gasteiger partial charge is 0.492 e. The van der Waals surface area contributed by atoms with Crippen molar-refractivity contribution in [1.29, 1.82) is 0 Å². The molecule has 0 aliphatic rings. The number of nitrogens with one attached hydrogen (secondary N) is 1. The van der Waals surface area contributed by atoms with Crippen molar-refractivity contribution in [3.63, 3.8) is 0 Å². The first-order valence-corrected chi connectivity index (χ1v) is 9.75. The molecule has 150 valence electrons. The Bertz CT molecular complexity index is 1000. The number of benzene rings is 2. The summed E-state index contributed by atoms with van der Waals surface area (Å²) in [5, 5.41) is 3.18. The normalized spacial score (nSPS) is 10.5. The lowest BCUT2D eigenvalue weighted by Gasteiger charge is -2.21. The van der Waals surface area contributed by atoms with Crippen LogP contribution in [0.1, 0.15) is 35.6 Å². The molecule has 6 nitrogen and oxygen atoms in total. The van der Waals surface area contributed by atoms with Crippen LogP contribution >= 0.6 is 0 Å². The number of carbonyl (C=O) groups is 1. The number of ether oxygens (including phenoxy) is 1. The summed E-state index contributed by atoms with van der Waals surface area (Å²) < 4.78 is 5.65. The van der Waals surface area contributed by atoms with Gasteiger partial charge in [0.25, 0.3) is 5.91 Å². The van der Waals surface area contributed by atoms with Crippen molar-refractivity contribution in [2.75, 3.05) is 23.4 Å². The van der Waals surface area contributed by atoms with E-state index in [0.717, 1.165) is 16.9 Å². The van der Waals surface area contributed by atoms with Crippen LogP contribution in [-0.2, 0) is 0 Å².